The maximum Gasteiger partial charge on any atom is 0.356 e. The first-order valence-corrected chi connectivity index (χ1v) is 7.90. The van der Waals surface area contributed by atoms with Gasteiger partial charge in [-0.15, -0.1) is 0 Å². The minimum atomic E-state index is -3.88. The number of carboxylic acid groups (broad SMARTS) is 1. The van der Waals surface area contributed by atoms with E-state index in [4.69, 9.17) is 9.84 Å². The number of carboxylic acids is 1. The Morgan fingerprint density at radius 3 is 2.50 bits per heavy atom. The highest BCUT2D eigenvalue weighted by Crippen LogP contribution is 2.34. The van der Waals surface area contributed by atoms with Crippen LogP contribution in [0.4, 0.5) is 4.39 Å². The Hall–Kier alpha value is -2.42. The van der Waals surface area contributed by atoms with Crippen molar-refractivity contribution in [3.8, 4) is 17.0 Å². The Kier molecular flexibility index (Phi) is 3.92. The molecule has 22 heavy (non-hydrogen) atoms. The van der Waals surface area contributed by atoms with Crippen molar-refractivity contribution in [1.82, 2.24) is 9.78 Å². The summed E-state index contributed by atoms with van der Waals surface area (Å²) in [5, 5.41) is 12.7. The zero-order valence-electron chi connectivity index (χ0n) is 12.0. The molecule has 0 saturated heterocycles. The van der Waals surface area contributed by atoms with E-state index in [0.717, 1.165) is 6.26 Å². The Balaban J connectivity index is 2.76. The number of aryl methyl sites for hydroxylation is 1. The number of carbonyl (C=O) groups is 1. The molecule has 0 aliphatic heterocycles. The quantitative estimate of drug-likeness (QED) is 0.909. The fourth-order valence-electron chi connectivity index (χ4n) is 2.07. The molecule has 0 bridgehead atoms. The zero-order valence-corrected chi connectivity index (χ0v) is 12.8. The summed E-state index contributed by atoms with van der Waals surface area (Å²) in [6.45, 7) is 0. The van der Waals surface area contributed by atoms with Gasteiger partial charge in [0.25, 0.3) is 0 Å². The van der Waals surface area contributed by atoms with Crippen LogP contribution in [0.5, 0.6) is 5.75 Å². The summed E-state index contributed by atoms with van der Waals surface area (Å²) in [5.41, 5.74) is -0.209. The summed E-state index contributed by atoms with van der Waals surface area (Å²) >= 11 is 0. The lowest BCUT2D eigenvalue weighted by Gasteiger charge is -2.11. The molecule has 1 aromatic carbocycles. The highest BCUT2D eigenvalue weighted by atomic mass is 32.2. The molecule has 0 atom stereocenters. The van der Waals surface area contributed by atoms with E-state index in [2.05, 4.69) is 5.10 Å². The second-order valence-electron chi connectivity index (χ2n) is 4.57. The Labute approximate surface area is 125 Å². The van der Waals surface area contributed by atoms with Crippen molar-refractivity contribution in [3.05, 3.63) is 29.7 Å². The van der Waals surface area contributed by atoms with Crippen LogP contribution in [0.2, 0.25) is 0 Å². The van der Waals surface area contributed by atoms with E-state index in [-0.39, 0.29) is 22.7 Å². The van der Waals surface area contributed by atoms with Gasteiger partial charge < -0.3 is 9.84 Å². The van der Waals surface area contributed by atoms with E-state index in [0.29, 0.717) is 0 Å². The summed E-state index contributed by atoms with van der Waals surface area (Å²) in [5.74, 6) is -2.40. The van der Waals surface area contributed by atoms with Crippen LogP contribution in [0.15, 0.2) is 23.1 Å². The minimum Gasteiger partial charge on any atom is -0.495 e. The van der Waals surface area contributed by atoms with Crippen LogP contribution in [-0.4, -0.2) is 42.6 Å². The van der Waals surface area contributed by atoms with Crippen molar-refractivity contribution in [2.75, 3.05) is 13.4 Å². The molecule has 1 N–H and O–H groups in total. The van der Waals surface area contributed by atoms with Gasteiger partial charge in [-0.2, -0.15) is 5.10 Å². The van der Waals surface area contributed by atoms with Gasteiger partial charge in [-0.1, -0.05) is 0 Å². The highest BCUT2D eigenvalue weighted by Gasteiger charge is 2.25. The van der Waals surface area contributed by atoms with Crippen LogP contribution >= 0.6 is 0 Å². The van der Waals surface area contributed by atoms with Gasteiger partial charge in [0.15, 0.2) is 21.3 Å². The van der Waals surface area contributed by atoms with E-state index < -0.39 is 26.5 Å². The van der Waals surface area contributed by atoms with Gasteiger partial charge in [0.2, 0.25) is 0 Å². The molecular weight excluding hydrogens is 315 g/mol. The van der Waals surface area contributed by atoms with E-state index in [9.17, 15) is 17.6 Å². The first-order valence-electron chi connectivity index (χ1n) is 6.01. The van der Waals surface area contributed by atoms with Crippen molar-refractivity contribution < 1.29 is 27.4 Å². The monoisotopic (exact) mass is 328 g/mol. The molecule has 2 aromatic rings. The zero-order chi connectivity index (χ0) is 16.7. The van der Waals surface area contributed by atoms with Crippen LogP contribution in [0, 0.1) is 5.82 Å². The van der Waals surface area contributed by atoms with Gasteiger partial charge in [0.1, 0.15) is 10.6 Å². The molecule has 118 valence electrons. The van der Waals surface area contributed by atoms with Crippen LogP contribution < -0.4 is 4.74 Å². The minimum absolute atomic E-state index is 0.0799. The predicted octanol–water partition coefficient (Wildman–Crippen LogP) is 1.34. The first-order chi connectivity index (χ1) is 10.2. The molecule has 0 amide bonds. The Morgan fingerprint density at radius 2 is 2.05 bits per heavy atom. The van der Waals surface area contributed by atoms with E-state index in [1.807, 2.05) is 0 Å². The van der Waals surface area contributed by atoms with Crippen LogP contribution in [0.3, 0.4) is 0 Å². The molecule has 0 saturated carbocycles. The van der Waals surface area contributed by atoms with Crippen LogP contribution in [-0.2, 0) is 16.9 Å². The second kappa shape index (κ2) is 5.41. The molecular formula is C13H13FN2O5S. The van der Waals surface area contributed by atoms with Crippen molar-refractivity contribution in [2.24, 2.45) is 7.05 Å². The Bertz CT molecular complexity index is 858. The summed E-state index contributed by atoms with van der Waals surface area (Å²) in [4.78, 5) is 10.3. The maximum atomic E-state index is 14.6. The third kappa shape index (κ3) is 2.67. The molecule has 9 heteroatoms. The molecule has 0 unspecified atom stereocenters. The maximum absolute atomic E-state index is 14.6. The van der Waals surface area contributed by atoms with Crippen molar-refractivity contribution in [1.29, 1.82) is 0 Å². The number of nitrogens with zero attached hydrogens (tertiary/aromatic N) is 2. The van der Waals surface area contributed by atoms with E-state index in [1.165, 1.54) is 37.0 Å². The number of hydrogen-bond acceptors (Lipinski definition) is 5. The van der Waals surface area contributed by atoms with Gasteiger partial charge in [0, 0.05) is 18.9 Å². The lowest BCUT2D eigenvalue weighted by Crippen LogP contribution is -2.06. The number of sulfone groups is 1. The van der Waals surface area contributed by atoms with Crippen molar-refractivity contribution in [3.63, 3.8) is 0 Å². The fourth-order valence-corrected chi connectivity index (χ4v) is 3.02. The second-order valence-corrected chi connectivity index (χ2v) is 6.53. The molecule has 1 aromatic heterocycles. The van der Waals surface area contributed by atoms with Gasteiger partial charge in [-0.25, -0.2) is 17.6 Å². The predicted molar refractivity (Wildman–Crippen MR) is 75.2 cm³/mol. The number of ether oxygens (including phenoxy) is 1. The normalized spacial score (nSPS) is 11.5. The summed E-state index contributed by atoms with van der Waals surface area (Å²) in [6, 6.07) is 3.78. The number of aromatic carboxylic acids is 1. The molecule has 0 fully saturated rings. The van der Waals surface area contributed by atoms with Gasteiger partial charge in [-0.05, 0) is 18.2 Å². The molecule has 0 aliphatic rings. The topological polar surface area (TPSA) is 98.5 Å². The van der Waals surface area contributed by atoms with Crippen molar-refractivity contribution >= 4 is 15.8 Å². The molecule has 1 heterocycles. The summed E-state index contributed by atoms with van der Waals surface area (Å²) in [6.07, 6.45) is 0.865. The van der Waals surface area contributed by atoms with Crippen LogP contribution in [0.25, 0.3) is 11.3 Å². The SMILES string of the molecule is COc1ccc(-c2cc(C(=O)O)nn2C)c(F)c1S(C)(=O)=O. The number of hydrogen-bond donors (Lipinski definition) is 1. The number of rotatable bonds is 4. The Morgan fingerprint density at radius 1 is 1.41 bits per heavy atom. The lowest BCUT2D eigenvalue weighted by atomic mass is 10.1. The van der Waals surface area contributed by atoms with E-state index >= 15 is 0 Å². The molecule has 0 spiro atoms. The number of benzene rings is 1. The van der Waals surface area contributed by atoms with Crippen molar-refractivity contribution in [2.45, 2.75) is 4.90 Å². The summed E-state index contributed by atoms with van der Waals surface area (Å²) in [7, 11) is -1.21. The van der Waals surface area contributed by atoms with Gasteiger partial charge in [0.05, 0.1) is 12.8 Å². The number of halogens is 1. The van der Waals surface area contributed by atoms with Gasteiger partial charge >= 0.3 is 5.97 Å². The largest absolute Gasteiger partial charge is 0.495 e. The first kappa shape index (κ1) is 16.0. The average Bonchev–Trinajstić information content (AvgIpc) is 2.79. The summed E-state index contributed by atoms with van der Waals surface area (Å²) < 4.78 is 44.3. The molecule has 0 aliphatic carbocycles. The molecule has 2 rings (SSSR count). The third-order valence-corrected chi connectivity index (χ3v) is 4.15. The third-order valence-electron chi connectivity index (χ3n) is 3.03. The average molecular weight is 328 g/mol. The standard InChI is InChI=1S/C13H13FN2O5S/c1-16-9(6-8(15-16)13(17)18)7-4-5-10(21-2)12(11(7)14)22(3,19)20/h4-6H,1-3H3,(H,17,18). The fraction of sp³-hybridized carbons (Fsp3) is 0.231. The lowest BCUT2D eigenvalue weighted by molar-refractivity contribution is 0.0689. The number of methoxy groups -OCH3 is 1. The van der Waals surface area contributed by atoms with E-state index in [1.54, 1.807) is 0 Å². The molecule has 0 radical (unpaired) electrons. The van der Waals surface area contributed by atoms with Crippen LogP contribution in [0.1, 0.15) is 10.5 Å². The molecule has 7 nitrogen and oxygen atoms in total. The van der Waals surface area contributed by atoms with Gasteiger partial charge in [-0.3, -0.25) is 4.68 Å². The highest BCUT2D eigenvalue weighted by molar-refractivity contribution is 7.90. The smallest absolute Gasteiger partial charge is 0.356 e. The number of aromatic nitrogens is 2.